The van der Waals surface area contributed by atoms with E-state index in [4.69, 9.17) is 4.74 Å². The molecule has 0 aliphatic carbocycles. The lowest BCUT2D eigenvalue weighted by Gasteiger charge is -2.13. The molecule has 0 bridgehead atoms. The number of para-hydroxylation sites is 1. The number of nitrogens with one attached hydrogen (secondary N) is 2. The fourth-order valence-electron chi connectivity index (χ4n) is 2.75. The van der Waals surface area contributed by atoms with Crippen LogP contribution in [0.25, 0.3) is 0 Å². The van der Waals surface area contributed by atoms with Gasteiger partial charge < -0.3 is 10.1 Å². The zero-order valence-electron chi connectivity index (χ0n) is 18.0. The summed E-state index contributed by atoms with van der Waals surface area (Å²) in [4.78, 5) is 12.9. The van der Waals surface area contributed by atoms with E-state index in [1.807, 2.05) is 26.0 Å². The van der Waals surface area contributed by atoms with E-state index >= 15 is 0 Å². The lowest BCUT2D eigenvalue weighted by atomic mass is 10.1. The molecule has 0 radical (unpaired) electrons. The Kier molecular flexibility index (Phi) is 9.24. The van der Waals surface area contributed by atoms with Gasteiger partial charge in [0.25, 0.3) is 15.9 Å². The number of carbonyl (C=O) groups excluding carboxylic acids is 1. The van der Waals surface area contributed by atoms with Gasteiger partial charge in [-0.1, -0.05) is 56.3 Å². The Morgan fingerprint density at radius 3 is 2.13 bits per heavy atom. The summed E-state index contributed by atoms with van der Waals surface area (Å²) in [5.41, 5.74) is 2.17. The first-order chi connectivity index (χ1) is 15.0. The number of methoxy groups -OCH3 is 1. The highest BCUT2D eigenvalue weighted by Crippen LogP contribution is 2.21. The second kappa shape index (κ2) is 11.9. The van der Waals surface area contributed by atoms with Crippen LogP contribution in [-0.4, -0.2) is 28.0 Å². The van der Waals surface area contributed by atoms with Gasteiger partial charge in [0, 0.05) is 12.8 Å². The molecule has 2 N–H and O–H groups in total. The molecule has 0 atom stereocenters. The van der Waals surface area contributed by atoms with Crippen LogP contribution in [0.15, 0.2) is 83.8 Å². The maximum Gasteiger partial charge on any atom is 0.261 e. The van der Waals surface area contributed by atoms with Crippen LogP contribution in [-0.2, 0) is 21.2 Å². The van der Waals surface area contributed by atoms with Crippen molar-refractivity contribution >= 4 is 27.3 Å². The Labute approximate surface area is 184 Å². The van der Waals surface area contributed by atoms with Crippen molar-refractivity contribution in [1.82, 2.24) is 0 Å². The molecule has 0 aromatic heterocycles. The van der Waals surface area contributed by atoms with E-state index in [0.29, 0.717) is 12.3 Å². The molecule has 3 aromatic rings. The number of ether oxygens (including phenoxy) is 1. The van der Waals surface area contributed by atoms with Gasteiger partial charge in [-0.3, -0.25) is 9.52 Å². The van der Waals surface area contributed by atoms with E-state index in [-0.39, 0.29) is 16.1 Å². The largest absolute Gasteiger partial charge is 0.384 e. The number of benzene rings is 3. The van der Waals surface area contributed by atoms with E-state index in [9.17, 15) is 13.2 Å². The number of carbonyl (C=O) groups is 1. The highest BCUT2D eigenvalue weighted by Gasteiger charge is 2.18. The molecule has 1 amide bonds. The first-order valence-electron chi connectivity index (χ1n) is 10.1. The topological polar surface area (TPSA) is 84.5 Å². The second-order valence-corrected chi connectivity index (χ2v) is 8.04. The van der Waals surface area contributed by atoms with E-state index in [2.05, 4.69) is 10.0 Å². The van der Waals surface area contributed by atoms with Gasteiger partial charge in [0.2, 0.25) is 0 Å². The number of anilines is 2. The average molecular weight is 441 g/mol. The SMILES string of the molecule is CC.COCCc1ccc(NC(=O)c2ccccc2NS(=O)(=O)c2ccccc2)cc1. The van der Waals surface area contributed by atoms with Crippen LogP contribution in [0.4, 0.5) is 11.4 Å². The molecule has 3 aromatic carbocycles. The summed E-state index contributed by atoms with van der Waals surface area (Å²) >= 11 is 0. The average Bonchev–Trinajstić information content (AvgIpc) is 2.80. The molecule has 6 nitrogen and oxygen atoms in total. The van der Waals surface area contributed by atoms with E-state index < -0.39 is 15.9 Å². The summed E-state index contributed by atoms with van der Waals surface area (Å²) in [6, 6.07) is 21.9. The van der Waals surface area contributed by atoms with Gasteiger partial charge in [0.1, 0.15) is 0 Å². The van der Waals surface area contributed by atoms with Crippen molar-refractivity contribution in [2.45, 2.75) is 25.2 Å². The molecule has 0 aliphatic heterocycles. The van der Waals surface area contributed by atoms with Crippen LogP contribution in [0.3, 0.4) is 0 Å². The smallest absolute Gasteiger partial charge is 0.261 e. The molecule has 0 fully saturated rings. The van der Waals surface area contributed by atoms with Crippen molar-refractivity contribution in [3.05, 3.63) is 90.0 Å². The van der Waals surface area contributed by atoms with Crippen LogP contribution in [0.1, 0.15) is 29.8 Å². The van der Waals surface area contributed by atoms with Crippen molar-refractivity contribution in [2.75, 3.05) is 23.8 Å². The number of amides is 1. The predicted octanol–water partition coefficient (Wildman–Crippen LogP) is 4.95. The Hall–Kier alpha value is -3.16. The van der Waals surface area contributed by atoms with Gasteiger partial charge in [-0.2, -0.15) is 0 Å². The Bertz CT molecular complexity index is 1070. The number of hydrogen-bond acceptors (Lipinski definition) is 4. The number of hydrogen-bond donors (Lipinski definition) is 2. The highest BCUT2D eigenvalue weighted by molar-refractivity contribution is 7.92. The van der Waals surface area contributed by atoms with Crippen LogP contribution < -0.4 is 10.0 Å². The first kappa shape index (κ1) is 24.1. The minimum atomic E-state index is -3.80. The zero-order chi connectivity index (χ0) is 22.7. The van der Waals surface area contributed by atoms with Crippen molar-refractivity contribution in [3.8, 4) is 0 Å². The van der Waals surface area contributed by atoms with Gasteiger partial charge in [-0.15, -0.1) is 0 Å². The van der Waals surface area contributed by atoms with Crippen LogP contribution in [0, 0.1) is 0 Å². The maximum atomic E-state index is 12.7. The third kappa shape index (κ3) is 6.94. The molecule has 7 heteroatoms. The number of rotatable bonds is 8. The summed E-state index contributed by atoms with van der Waals surface area (Å²) in [6.45, 7) is 4.63. The molecule has 0 unspecified atom stereocenters. The Balaban J connectivity index is 0.00000166. The number of sulfonamides is 1. The Morgan fingerprint density at radius 1 is 0.871 bits per heavy atom. The Morgan fingerprint density at radius 2 is 1.48 bits per heavy atom. The van der Waals surface area contributed by atoms with Gasteiger partial charge in [-0.05, 0) is 48.4 Å². The summed E-state index contributed by atoms with van der Waals surface area (Å²) in [5, 5.41) is 2.80. The molecule has 0 heterocycles. The van der Waals surface area contributed by atoms with E-state index in [1.165, 1.54) is 12.1 Å². The van der Waals surface area contributed by atoms with Gasteiger partial charge in [0.05, 0.1) is 22.8 Å². The first-order valence-corrected chi connectivity index (χ1v) is 11.5. The summed E-state index contributed by atoms with van der Waals surface area (Å²) in [7, 11) is -2.15. The zero-order valence-corrected chi connectivity index (χ0v) is 18.8. The van der Waals surface area contributed by atoms with Crippen molar-refractivity contribution < 1.29 is 17.9 Å². The summed E-state index contributed by atoms with van der Waals surface area (Å²) in [5.74, 6) is -0.402. The molecule has 31 heavy (non-hydrogen) atoms. The third-order valence-electron chi connectivity index (χ3n) is 4.28. The molecular formula is C24H28N2O4S. The summed E-state index contributed by atoms with van der Waals surface area (Å²) in [6.07, 6.45) is 0.787. The standard InChI is InChI=1S/C22H22N2O4S.C2H6/c1-28-16-15-17-11-13-18(14-12-17)23-22(25)20-9-5-6-10-21(20)24-29(26,27)19-7-3-2-4-8-19;1-2/h2-14,24H,15-16H2,1H3,(H,23,25);1-2H3. The van der Waals surface area contributed by atoms with Gasteiger partial charge >= 0.3 is 0 Å². The molecule has 164 valence electrons. The van der Waals surface area contributed by atoms with Crippen LogP contribution in [0.5, 0.6) is 0 Å². The minimum absolute atomic E-state index is 0.127. The quantitative estimate of drug-likeness (QED) is 0.519. The lowest BCUT2D eigenvalue weighted by Crippen LogP contribution is -2.18. The maximum absolute atomic E-state index is 12.7. The lowest BCUT2D eigenvalue weighted by molar-refractivity contribution is 0.102. The van der Waals surface area contributed by atoms with Crippen molar-refractivity contribution in [1.29, 1.82) is 0 Å². The minimum Gasteiger partial charge on any atom is -0.384 e. The molecular weight excluding hydrogens is 412 g/mol. The fraction of sp³-hybridized carbons (Fsp3) is 0.208. The van der Waals surface area contributed by atoms with Crippen molar-refractivity contribution in [3.63, 3.8) is 0 Å². The molecule has 0 spiro atoms. The molecule has 0 saturated heterocycles. The normalized spacial score (nSPS) is 10.5. The third-order valence-corrected chi connectivity index (χ3v) is 5.66. The summed E-state index contributed by atoms with van der Waals surface area (Å²) < 4.78 is 32.8. The van der Waals surface area contributed by atoms with E-state index in [0.717, 1.165) is 12.0 Å². The monoisotopic (exact) mass is 440 g/mol. The van der Waals surface area contributed by atoms with Crippen LogP contribution >= 0.6 is 0 Å². The molecule has 0 saturated carbocycles. The van der Waals surface area contributed by atoms with Gasteiger partial charge in [0.15, 0.2) is 0 Å². The fourth-order valence-corrected chi connectivity index (χ4v) is 3.85. The van der Waals surface area contributed by atoms with Gasteiger partial charge in [-0.25, -0.2) is 8.42 Å². The predicted molar refractivity (Wildman–Crippen MR) is 125 cm³/mol. The molecule has 0 aliphatic rings. The van der Waals surface area contributed by atoms with E-state index in [1.54, 1.807) is 61.7 Å². The van der Waals surface area contributed by atoms with Crippen molar-refractivity contribution in [2.24, 2.45) is 0 Å². The second-order valence-electron chi connectivity index (χ2n) is 6.36. The van der Waals surface area contributed by atoms with Crippen LogP contribution in [0.2, 0.25) is 0 Å². The molecule has 3 rings (SSSR count). The highest BCUT2D eigenvalue weighted by atomic mass is 32.2.